The van der Waals surface area contributed by atoms with Gasteiger partial charge in [0, 0.05) is 19.7 Å². The van der Waals surface area contributed by atoms with E-state index in [2.05, 4.69) is 23.1 Å². The van der Waals surface area contributed by atoms with Gasteiger partial charge in [0.05, 0.1) is 17.4 Å². The summed E-state index contributed by atoms with van der Waals surface area (Å²) in [5.41, 5.74) is 2.95. The molecule has 0 amide bonds. The minimum atomic E-state index is 0.302. The van der Waals surface area contributed by atoms with Crippen LogP contribution in [0.25, 0.3) is 0 Å². The van der Waals surface area contributed by atoms with Gasteiger partial charge < -0.3 is 9.64 Å². The quantitative estimate of drug-likeness (QED) is 0.820. The van der Waals surface area contributed by atoms with Crippen LogP contribution >= 0.6 is 0 Å². The normalized spacial score (nSPS) is 19.6. The van der Waals surface area contributed by atoms with E-state index in [1.165, 1.54) is 0 Å². The van der Waals surface area contributed by atoms with E-state index in [9.17, 15) is 5.26 Å². The van der Waals surface area contributed by atoms with Crippen molar-refractivity contribution in [2.24, 2.45) is 0 Å². The molecule has 1 saturated heterocycles. The maximum absolute atomic E-state index is 9.23. The number of ether oxygens (including phenoxy) is 1. The Bertz CT molecular complexity index is 448. The zero-order valence-corrected chi connectivity index (χ0v) is 11.1. The highest BCUT2D eigenvalue weighted by atomic mass is 16.5. The van der Waals surface area contributed by atoms with Crippen LogP contribution < -0.4 is 4.90 Å². The molecule has 0 saturated carbocycles. The zero-order chi connectivity index (χ0) is 13.0. The van der Waals surface area contributed by atoms with Crippen molar-refractivity contribution in [2.45, 2.75) is 32.8 Å². The maximum atomic E-state index is 9.23. The first-order valence-electron chi connectivity index (χ1n) is 6.62. The molecule has 1 aromatic carbocycles. The van der Waals surface area contributed by atoms with Crippen LogP contribution in [0.3, 0.4) is 0 Å². The molecule has 0 N–H and O–H groups in total. The van der Waals surface area contributed by atoms with Gasteiger partial charge in [0.25, 0.3) is 0 Å². The summed E-state index contributed by atoms with van der Waals surface area (Å²) < 4.78 is 5.71. The number of nitrogens with zero attached hydrogens (tertiary/aromatic N) is 2. The molecule has 1 aromatic rings. The summed E-state index contributed by atoms with van der Waals surface area (Å²) >= 11 is 0. The molecule has 1 aliphatic heterocycles. The molecule has 0 aromatic heterocycles. The fourth-order valence-electron chi connectivity index (χ4n) is 2.54. The van der Waals surface area contributed by atoms with Crippen molar-refractivity contribution in [3.63, 3.8) is 0 Å². The molecular formula is C15H20N2O. The first-order valence-corrected chi connectivity index (χ1v) is 6.62. The second kappa shape index (κ2) is 5.88. The lowest BCUT2D eigenvalue weighted by Crippen LogP contribution is -2.40. The molecule has 1 unspecified atom stereocenters. The van der Waals surface area contributed by atoms with E-state index in [0.717, 1.165) is 49.4 Å². The highest BCUT2D eigenvalue weighted by Crippen LogP contribution is 2.25. The Morgan fingerprint density at radius 3 is 3.06 bits per heavy atom. The average molecular weight is 244 g/mol. The van der Waals surface area contributed by atoms with Crippen molar-refractivity contribution in [2.75, 3.05) is 24.6 Å². The van der Waals surface area contributed by atoms with Gasteiger partial charge in [0.2, 0.25) is 0 Å². The van der Waals surface area contributed by atoms with Crippen LogP contribution in [0, 0.1) is 18.3 Å². The Morgan fingerprint density at radius 2 is 2.33 bits per heavy atom. The molecule has 0 radical (unpaired) electrons. The Hall–Kier alpha value is -1.53. The van der Waals surface area contributed by atoms with Gasteiger partial charge in [0.15, 0.2) is 0 Å². The number of hydrogen-bond acceptors (Lipinski definition) is 3. The monoisotopic (exact) mass is 244 g/mol. The van der Waals surface area contributed by atoms with E-state index < -0.39 is 0 Å². The van der Waals surface area contributed by atoms with E-state index in [1.54, 1.807) is 0 Å². The minimum absolute atomic E-state index is 0.302. The SMILES string of the molecule is CCOC1CCCN(c2ccc(C)cc2C#N)C1. The smallest absolute Gasteiger partial charge is 0.101 e. The summed E-state index contributed by atoms with van der Waals surface area (Å²) in [6.07, 6.45) is 2.55. The Labute approximate surface area is 109 Å². The highest BCUT2D eigenvalue weighted by Gasteiger charge is 2.21. The molecule has 1 aliphatic rings. The van der Waals surface area contributed by atoms with Crippen LogP contribution in [0.5, 0.6) is 0 Å². The number of anilines is 1. The van der Waals surface area contributed by atoms with Gasteiger partial charge in [-0.1, -0.05) is 6.07 Å². The largest absolute Gasteiger partial charge is 0.377 e. The number of piperidine rings is 1. The molecule has 0 spiro atoms. The summed E-state index contributed by atoms with van der Waals surface area (Å²) in [6.45, 7) is 6.72. The molecular weight excluding hydrogens is 224 g/mol. The second-order valence-electron chi connectivity index (χ2n) is 4.80. The van der Waals surface area contributed by atoms with E-state index in [0.29, 0.717) is 6.10 Å². The predicted octanol–water partition coefficient (Wildman–Crippen LogP) is 2.87. The first-order chi connectivity index (χ1) is 8.74. The topological polar surface area (TPSA) is 36.3 Å². The number of benzene rings is 1. The van der Waals surface area contributed by atoms with Crippen LogP contribution in [0.1, 0.15) is 30.9 Å². The Morgan fingerprint density at radius 1 is 1.50 bits per heavy atom. The lowest BCUT2D eigenvalue weighted by Gasteiger charge is -2.34. The molecule has 3 nitrogen and oxygen atoms in total. The molecule has 0 aliphatic carbocycles. The Balaban J connectivity index is 2.18. The van der Waals surface area contributed by atoms with Crippen LogP contribution in [0.2, 0.25) is 0 Å². The third-order valence-electron chi connectivity index (χ3n) is 3.39. The first kappa shape index (κ1) is 12.9. The van der Waals surface area contributed by atoms with Gasteiger partial charge in [-0.05, 0) is 44.4 Å². The molecule has 1 heterocycles. The van der Waals surface area contributed by atoms with Crippen molar-refractivity contribution in [1.82, 2.24) is 0 Å². The summed E-state index contributed by atoms with van der Waals surface area (Å²) in [5, 5.41) is 9.23. The van der Waals surface area contributed by atoms with Crippen LogP contribution in [-0.2, 0) is 4.74 Å². The van der Waals surface area contributed by atoms with Crippen LogP contribution in [0.15, 0.2) is 18.2 Å². The van der Waals surface area contributed by atoms with Gasteiger partial charge in [-0.2, -0.15) is 5.26 Å². The molecule has 96 valence electrons. The van der Waals surface area contributed by atoms with Gasteiger partial charge in [-0.25, -0.2) is 0 Å². The molecule has 1 atom stereocenters. The van der Waals surface area contributed by atoms with Crippen LogP contribution in [-0.4, -0.2) is 25.8 Å². The minimum Gasteiger partial charge on any atom is -0.377 e. The van der Waals surface area contributed by atoms with Crippen molar-refractivity contribution in [3.05, 3.63) is 29.3 Å². The summed E-state index contributed by atoms with van der Waals surface area (Å²) in [4.78, 5) is 2.28. The van der Waals surface area contributed by atoms with Gasteiger partial charge in [-0.3, -0.25) is 0 Å². The molecule has 3 heteroatoms. The number of hydrogen-bond donors (Lipinski definition) is 0. The van der Waals surface area contributed by atoms with Crippen LogP contribution in [0.4, 0.5) is 5.69 Å². The summed E-state index contributed by atoms with van der Waals surface area (Å²) in [5.74, 6) is 0. The van der Waals surface area contributed by atoms with E-state index in [4.69, 9.17) is 4.74 Å². The second-order valence-corrected chi connectivity index (χ2v) is 4.80. The van der Waals surface area contributed by atoms with E-state index >= 15 is 0 Å². The number of nitriles is 1. The van der Waals surface area contributed by atoms with Crippen molar-refractivity contribution >= 4 is 5.69 Å². The molecule has 0 bridgehead atoms. The molecule has 18 heavy (non-hydrogen) atoms. The van der Waals surface area contributed by atoms with Crippen molar-refractivity contribution in [1.29, 1.82) is 5.26 Å². The average Bonchev–Trinajstić information content (AvgIpc) is 2.39. The van der Waals surface area contributed by atoms with E-state index in [-0.39, 0.29) is 0 Å². The fourth-order valence-corrected chi connectivity index (χ4v) is 2.54. The maximum Gasteiger partial charge on any atom is 0.101 e. The van der Waals surface area contributed by atoms with Gasteiger partial charge >= 0.3 is 0 Å². The highest BCUT2D eigenvalue weighted by molar-refractivity contribution is 5.60. The lowest BCUT2D eigenvalue weighted by atomic mass is 10.0. The van der Waals surface area contributed by atoms with Gasteiger partial charge in [0.1, 0.15) is 6.07 Å². The standard InChI is InChI=1S/C15H20N2O/c1-3-18-14-5-4-8-17(11-14)15-7-6-12(2)9-13(15)10-16/h6-7,9,14H,3-5,8,11H2,1-2H3. The van der Waals surface area contributed by atoms with Gasteiger partial charge in [-0.15, -0.1) is 0 Å². The zero-order valence-electron chi connectivity index (χ0n) is 11.1. The van der Waals surface area contributed by atoms with E-state index in [1.807, 2.05) is 19.9 Å². The Kier molecular flexibility index (Phi) is 4.22. The summed E-state index contributed by atoms with van der Waals surface area (Å²) in [6, 6.07) is 8.38. The lowest BCUT2D eigenvalue weighted by molar-refractivity contribution is 0.0526. The third kappa shape index (κ3) is 2.83. The fraction of sp³-hybridized carbons (Fsp3) is 0.533. The number of aryl methyl sites for hydroxylation is 1. The summed E-state index contributed by atoms with van der Waals surface area (Å²) in [7, 11) is 0. The van der Waals surface area contributed by atoms with Crippen molar-refractivity contribution in [3.8, 4) is 6.07 Å². The predicted molar refractivity (Wildman–Crippen MR) is 72.8 cm³/mol. The molecule has 1 fully saturated rings. The third-order valence-corrected chi connectivity index (χ3v) is 3.39. The molecule has 2 rings (SSSR count). The number of rotatable bonds is 3. The van der Waals surface area contributed by atoms with Crippen molar-refractivity contribution < 1.29 is 4.74 Å².